The Bertz CT molecular complexity index is 816. The normalized spacial score (nSPS) is 12.9. The molecule has 2 aromatic rings. The highest BCUT2D eigenvalue weighted by molar-refractivity contribution is 5.86. The standard InChI is InChI=1S/C22H32N2O4/c1-6-15(7-2)13-24-14-16(17-10-8-9-11-19(17)24)12-18(20(25)26)23-21(27)28-22(3,4)5/h8-11,14-15,18H,6-7,12-13H2,1-5H3,(H,23,27)(H,25,26)/t18-/m0/s1. The van der Waals surface area contributed by atoms with Gasteiger partial charge in [0.05, 0.1) is 0 Å². The van der Waals surface area contributed by atoms with Crippen molar-refractivity contribution in [1.29, 1.82) is 0 Å². The molecule has 0 unspecified atom stereocenters. The first-order valence-electron chi connectivity index (χ1n) is 9.93. The second-order valence-electron chi connectivity index (χ2n) is 8.25. The predicted molar refractivity (Wildman–Crippen MR) is 111 cm³/mol. The first kappa shape index (κ1) is 21.8. The summed E-state index contributed by atoms with van der Waals surface area (Å²) in [7, 11) is 0. The number of nitrogens with one attached hydrogen (secondary N) is 1. The van der Waals surface area contributed by atoms with Crippen LogP contribution in [-0.2, 0) is 22.5 Å². The summed E-state index contributed by atoms with van der Waals surface area (Å²) in [6.45, 7) is 10.5. The molecule has 2 N–H and O–H groups in total. The van der Waals surface area contributed by atoms with E-state index in [2.05, 4.69) is 29.8 Å². The van der Waals surface area contributed by atoms with E-state index < -0.39 is 23.7 Å². The molecule has 1 heterocycles. The third-order valence-corrected chi connectivity index (χ3v) is 4.89. The van der Waals surface area contributed by atoms with E-state index in [0.717, 1.165) is 35.9 Å². The van der Waals surface area contributed by atoms with Gasteiger partial charge in [0.2, 0.25) is 0 Å². The Morgan fingerprint density at radius 3 is 2.39 bits per heavy atom. The number of ether oxygens (including phenoxy) is 1. The van der Waals surface area contributed by atoms with E-state index in [9.17, 15) is 14.7 Å². The molecule has 2 rings (SSSR count). The Kier molecular flexibility index (Phi) is 7.11. The average molecular weight is 389 g/mol. The quantitative estimate of drug-likeness (QED) is 0.693. The number of nitrogens with zero attached hydrogens (tertiary/aromatic N) is 1. The zero-order chi connectivity index (χ0) is 20.9. The number of benzene rings is 1. The van der Waals surface area contributed by atoms with Gasteiger partial charge in [0.1, 0.15) is 11.6 Å². The highest BCUT2D eigenvalue weighted by Crippen LogP contribution is 2.25. The van der Waals surface area contributed by atoms with Crippen LogP contribution >= 0.6 is 0 Å². The number of amides is 1. The maximum absolute atomic E-state index is 12.1. The van der Waals surface area contributed by atoms with E-state index in [4.69, 9.17) is 4.74 Å². The van der Waals surface area contributed by atoms with Crippen molar-refractivity contribution in [3.63, 3.8) is 0 Å². The SMILES string of the molecule is CCC(CC)Cn1cc(C[C@H](NC(=O)OC(C)(C)C)C(=O)O)c2ccccc21. The fourth-order valence-electron chi connectivity index (χ4n) is 3.33. The lowest BCUT2D eigenvalue weighted by molar-refractivity contribution is -0.139. The van der Waals surface area contributed by atoms with Crippen molar-refractivity contribution < 1.29 is 19.4 Å². The Labute approximate surface area is 166 Å². The molecule has 0 fully saturated rings. The second kappa shape index (κ2) is 9.13. The summed E-state index contributed by atoms with van der Waals surface area (Å²) in [5.74, 6) is -0.513. The predicted octanol–water partition coefficient (Wildman–Crippen LogP) is 4.60. The van der Waals surface area contributed by atoms with Gasteiger partial charge in [-0.3, -0.25) is 0 Å². The first-order valence-corrected chi connectivity index (χ1v) is 9.93. The molecule has 1 aromatic heterocycles. The van der Waals surface area contributed by atoms with Crippen molar-refractivity contribution >= 4 is 23.0 Å². The third-order valence-electron chi connectivity index (χ3n) is 4.89. The van der Waals surface area contributed by atoms with Crippen molar-refractivity contribution in [1.82, 2.24) is 9.88 Å². The van der Waals surface area contributed by atoms with Gasteiger partial charge in [-0.1, -0.05) is 44.9 Å². The van der Waals surface area contributed by atoms with Crippen LogP contribution in [0.5, 0.6) is 0 Å². The zero-order valence-electron chi connectivity index (χ0n) is 17.5. The maximum Gasteiger partial charge on any atom is 0.408 e. The summed E-state index contributed by atoms with van der Waals surface area (Å²) in [5.41, 5.74) is 1.31. The van der Waals surface area contributed by atoms with Crippen molar-refractivity contribution in [2.75, 3.05) is 0 Å². The van der Waals surface area contributed by atoms with Crippen LogP contribution < -0.4 is 5.32 Å². The smallest absolute Gasteiger partial charge is 0.408 e. The molecule has 0 aliphatic carbocycles. The van der Waals surface area contributed by atoms with E-state index in [1.165, 1.54) is 0 Å². The summed E-state index contributed by atoms with van der Waals surface area (Å²) in [4.78, 5) is 23.8. The molecule has 28 heavy (non-hydrogen) atoms. The molecule has 0 saturated carbocycles. The number of alkyl carbamates (subject to hydrolysis) is 1. The number of carbonyl (C=O) groups is 2. The summed E-state index contributed by atoms with van der Waals surface area (Å²) in [6.07, 6.45) is 3.69. The van der Waals surface area contributed by atoms with Crippen molar-refractivity contribution in [2.45, 2.75) is 72.1 Å². The summed E-state index contributed by atoms with van der Waals surface area (Å²) >= 11 is 0. The van der Waals surface area contributed by atoms with Gasteiger partial charge in [0.15, 0.2) is 0 Å². The van der Waals surface area contributed by atoms with E-state index in [-0.39, 0.29) is 6.42 Å². The number of carbonyl (C=O) groups excluding carboxylic acids is 1. The van der Waals surface area contributed by atoms with Crippen LogP contribution in [0.4, 0.5) is 4.79 Å². The van der Waals surface area contributed by atoms with Crippen LogP contribution in [0.3, 0.4) is 0 Å². The Morgan fingerprint density at radius 1 is 1.18 bits per heavy atom. The van der Waals surface area contributed by atoms with Crippen molar-refractivity contribution in [3.05, 3.63) is 36.0 Å². The molecule has 6 heteroatoms. The number of carboxylic acids is 1. The van der Waals surface area contributed by atoms with E-state index >= 15 is 0 Å². The fourth-order valence-corrected chi connectivity index (χ4v) is 3.33. The lowest BCUT2D eigenvalue weighted by atomic mass is 10.0. The van der Waals surface area contributed by atoms with Crippen LogP contribution in [0, 0.1) is 5.92 Å². The fraction of sp³-hybridized carbons (Fsp3) is 0.545. The van der Waals surface area contributed by atoms with Crippen LogP contribution in [-0.4, -0.2) is 33.4 Å². The van der Waals surface area contributed by atoms with E-state index in [1.807, 2.05) is 24.4 Å². The van der Waals surface area contributed by atoms with Gasteiger partial charge >= 0.3 is 12.1 Å². The van der Waals surface area contributed by atoms with Crippen LogP contribution in [0.25, 0.3) is 10.9 Å². The minimum absolute atomic E-state index is 0.199. The molecule has 6 nitrogen and oxygen atoms in total. The summed E-state index contributed by atoms with van der Waals surface area (Å²) in [6, 6.07) is 6.94. The number of rotatable bonds is 8. The van der Waals surface area contributed by atoms with Crippen LogP contribution in [0.1, 0.15) is 53.0 Å². The van der Waals surface area contributed by atoms with Gasteiger partial charge in [-0.25, -0.2) is 9.59 Å². The minimum atomic E-state index is -1.08. The number of aromatic nitrogens is 1. The van der Waals surface area contributed by atoms with E-state index in [0.29, 0.717) is 5.92 Å². The Hall–Kier alpha value is -2.50. The Morgan fingerprint density at radius 2 is 1.82 bits per heavy atom. The molecule has 0 radical (unpaired) electrons. The molecule has 0 bridgehead atoms. The molecular formula is C22H32N2O4. The second-order valence-corrected chi connectivity index (χ2v) is 8.25. The topological polar surface area (TPSA) is 80.6 Å². The molecule has 0 aliphatic rings. The number of fused-ring (bicyclic) bond motifs is 1. The maximum atomic E-state index is 12.1. The molecule has 1 amide bonds. The lowest BCUT2D eigenvalue weighted by Crippen LogP contribution is -2.44. The number of hydrogen-bond donors (Lipinski definition) is 2. The van der Waals surface area contributed by atoms with Gasteiger partial charge in [0.25, 0.3) is 0 Å². The summed E-state index contributed by atoms with van der Waals surface area (Å²) in [5, 5.41) is 13.1. The number of para-hydroxylation sites is 1. The van der Waals surface area contributed by atoms with Gasteiger partial charge in [-0.2, -0.15) is 0 Å². The molecule has 154 valence electrons. The van der Waals surface area contributed by atoms with Gasteiger partial charge in [-0.15, -0.1) is 0 Å². The Balaban J connectivity index is 2.27. The molecule has 0 saturated heterocycles. The van der Waals surface area contributed by atoms with Crippen molar-refractivity contribution in [2.24, 2.45) is 5.92 Å². The number of carboxylic acid groups (broad SMARTS) is 1. The molecular weight excluding hydrogens is 356 g/mol. The van der Waals surface area contributed by atoms with Crippen molar-refractivity contribution in [3.8, 4) is 0 Å². The average Bonchev–Trinajstić information content (AvgIpc) is 2.95. The number of aliphatic carboxylic acids is 1. The number of hydrogen-bond acceptors (Lipinski definition) is 3. The summed E-state index contributed by atoms with van der Waals surface area (Å²) < 4.78 is 7.41. The molecule has 1 aromatic carbocycles. The van der Waals surface area contributed by atoms with Crippen LogP contribution in [0.15, 0.2) is 30.5 Å². The van der Waals surface area contributed by atoms with Crippen LogP contribution in [0.2, 0.25) is 0 Å². The van der Waals surface area contributed by atoms with Gasteiger partial charge < -0.3 is 19.7 Å². The third kappa shape index (κ3) is 5.75. The minimum Gasteiger partial charge on any atom is -0.480 e. The first-order chi connectivity index (χ1) is 13.1. The van der Waals surface area contributed by atoms with E-state index in [1.54, 1.807) is 20.8 Å². The molecule has 0 spiro atoms. The van der Waals surface area contributed by atoms with Gasteiger partial charge in [-0.05, 0) is 38.3 Å². The highest BCUT2D eigenvalue weighted by Gasteiger charge is 2.25. The zero-order valence-corrected chi connectivity index (χ0v) is 17.5. The monoisotopic (exact) mass is 388 g/mol. The molecule has 1 atom stereocenters. The lowest BCUT2D eigenvalue weighted by Gasteiger charge is -2.22. The molecule has 0 aliphatic heterocycles. The van der Waals surface area contributed by atoms with Gasteiger partial charge in [0, 0.05) is 30.1 Å². The largest absolute Gasteiger partial charge is 0.480 e. The highest BCUT2D eigenvalue weighted by atomic mass is 16.6.